The first-order valence-corrected chi connectivity index (χ1v) is 7.25. The molecule has 0 aromatic heterocycles. The molecule has 0 rings (SSSR count). The minimum absolute atomic E-state index is 4.72. The SMILES string of the molecule is [2H]C([2H])([2H])C([2H])(C([2H])([2H])[2H])C([2H])([2H])C([2H])([2H])C([2H])([2H])C([2H])(C([2H])([2H])[2H])C([2H])([2H])C([2H])([2H])C([2H])([2H])C([2H])(C([2H])([2H])[2H])C([2H])([2H])C([2H])([2H])C([2H])([2H])C([2H])([2H])C([2H])(C([2H])([2H])[2H])C([2H])([2H])C([2H])([2H])C([2H])([2H])C([2H])(C([2H])([2H])[2H])C([2H])([2H])C([2H])([2H])C([2H])([2H])C([2H])(C([2H])([2H])[2H])C([2H])([2H])[2H]. The molecule has 0 aromatic carbocycles. The van der Waals surface area contributed by atoms with Crippen LogP contribution in [0.25, 0.3) is 0 Å². The van der Waals surface area contributed by atoms with E-state index < -0.39 is 192 Å². The molecule has 0 aliphatic rings. The van der Waals surface area contributed by atoms with Crippen LogP contribution in [-0.2, 0) is 0 Å². The summed E-state index contributed by atoms with van der Waals surface area (Å²) in [6, 6.07) is 0. The molecule has 0 aliphatic carbocycles. The topological polar surface area (TPSA) is 0 Å². The van der Waals surface area contributed by atoms with Crippen molar-refractivity contribution in [3.8, 4) is 0 Å². The monoisotopic (exact) mass is 485 g/mol. The van der Waals surface area contributed by atoms with Crippen molar-refractivity contribution < 1.29 is 85.0 Å². The lowest BCUT2D eigenvalue weighted by Gasteiger charge is -2.16. The van der Waals surface area contributed by atoms with E-state index in [1.807, 2.05) is 0 Å². The molecule has 0 nitrogen and oxygen atoms in total. The van der Waals surface area contributed by atoms with Crippen LogP contribution < -0.4 is 0 Å². The molecule has 0 aliphatic heterocycles. The van der Waals surface area contributed by atoms with Crippen molar-refractivity contribution >= 4 is 0 Å². The van der Waals surface area contributed by atoms with E-state index in [2.05, 4.69) is 0 Å². The van der Waals surface area contributed by atoms with Crippen molar-refractivity contribution in [1.82, 2.24) is 0 Å². The van der Waals surface area contributed by atoms with Crippen molar-refractivity contribution in [3.05, 3.63) is 0 Å². The fourth-order valence-electron chi connectivity index (χ4n) is 0.938. The zero-order valence-corrected chi connectivity index (χ0v) is 15.0. The lowest BCUT2D eigenvalue weighted by atomic mass is 9.90. The third-order valence-electron chi connectivity index (χ3n) is 1.94. The van der Waals surface area contributed by atoms with Gasteiger partial charge in [0, 0.05) is 85.0 Å². The van der Waals surface area contributed by atoms with E-state index in [1.54, 1.807) is 0 Å². The zero-order valence-electron chi connectivity index (χ0n) is 77.0. The Morgan fingerprint density at radius 3 is 0.933 bits per heavy atom. The number of hydrogen-bond acceptors (Lipinski definition) is 0. The molecule has 0 radical (unpaired) electrons. The molecular weight excluding hydrogens is 360 g/mol. The van der Waals surface area contributed by atoms with E-state index in [-0.39, 0.29) is 0 Å². The predicted octanol–water partition coefficient (Wildman–Crippen LogP) is 11.1. The van der Waals surface area contributed by atoms with Crippen LogP contribution in [-0.4, -0.2) is 0 Å². The standard InChI is InChI=1S/C30H62/c1-25(2)15-11-19-29(7)23-13-21-27(5)17-9-10-18-28(6)22-14-24-30(8)20-12-16-26(3)4/h25-30H,9-24H2,1-8H3/i1D3,2D3,3D3,4D3,5D3,6D3,7D3,8D3,9D2,10D2,11D2,12D2,13D2,14D2,15D2,16D2,17D2,18D2,19D2,20D2,21D2,22D2,23D2,24D2,25D,26D,27D,28D,29D,30D. The molecule has 0 saturated heterocycles. The van der Waals surface area contributed by atoms with Crippen molar-refractivity contribution in [2.24, 2.45) is 35.4 Å². The van der Waals surface area contributed by atoms with E-state index in [1.165, 1.54) is 0 Å². The largest absolute Gasteiger partial charge is 0.0628 e. The normalized spacial score (nSPS) is 62.7. The van der Waals surface area contributed by atoms with Gasteiger partial charge in [-0.15, -0.1) is 0 Å². The van der Waals surface area contributed by atoms with Gasteiger partial charge in [0.25, 0.3) is 0 Å². The third-order valence-corrected chi connectivity index (χ3v) is 1.94. The van der Waals surface area contributed by atoms with Gasteiger partial charge in [0.05, 0.1) is 0 Å². The second kappa shape index (κ2) is 19.7. The molecule has 0 amide bonds. The lowest BCUT2D eigenvalue weighted by molar-refractivity contribution is 0.369. The smallest absolute Gasteiger partial charge is 0.0300 e. The van der Waals surface area contributed by atoms with Crippen molar-refractivity contribution in [1.29, 1.82) is 0 Å². The Labute approximate surface area is 280 Å². The minimum Gasteiger partial charge on any atom is -0.0628 e. The van der Waals surface area contributed by atoms with Crippen LogP contribution in [0.15, 0.2) is 0 Å². The summed E-state index contributed by atoms with van der Waals surface area (Å²) in [5.74, 6) is -34.3. The van der Waals surface area contributed by atoms with E-state index in [0.717, 1.165) is 0 Å². The number of rotatable bonds is 21. The van der Waals surface area contributed by atoms with Gasteiger partial charge in [-0.3, -0.25) is 0 Å². The Bertz CT molecular complexity index is 2430. The fourth-order valence-corrected chi connectivity index (χ4v) is 0.938. The third kappa shape index (κ3) is 21.2. The fraction of sp³-hybridized carbons (Fsp3) is 1.00. The van der Waals surface area contributed by atoms with Gasteiger partial charge in [-0.2, -0.15) is 0 Å². The van der Waals surface area contributed by atoms with Crippen LogP contribution in [0.1, 0.15) is 242 Å². The van der Waals surface area contributed by atoms with Crippen LogP contribution >= 0.6 is 0 Å². The van der Waals surface area contributed by atoms with Crippen LogP contribution in [0.4, 0.5) is 0 Å². The Morgan fingerprint density at radius 1 is 0.400 bits per heavy atom. The highest BCUT2D eigenvalue weighted by molar-refractivity contribution is 4.62. The highest BCUT2D eigenvalue weighted by atomic mass is 14.1. The quantitative estimate of drug-likeness (QED) is 0.152. The van der Waals surface area contributed by atoms with Crippen LogP contribution in [0, 0.1) is 35.4 Å². The van der Waals surface area contributed by atoms with Crippen LogP contribution in [0.3, 0.4) is 0 Å². The van der Waals surface area contributed by atoms with Gasteiger partial charge in [0.2, 0.25) is 0 Å². The first kappa shape index (κ1) is 3.05. The van der Waals surface area contributed by atoms with Gasteiger partial charge in [-0.05, 0) is 35.4 Å². The zero-order chi connectivity index (χ0) is 77.0. The molecular formula is C30H62. The Morgan fingerprint density at radius 2 is 0.667 bits per heavy atom. The van der Waals surface area contributed by atoms with Gasteiger partial charge in [0.1, 0.15) is 0 Å². The molecule has 0 heteroatoms. The van der Waals surface area contributed by atoms with Crippen molar-refractivity contribution in [3.63, 3.8) is 0 Å². The molecule has 30 heavy (non-hydrogen) atoms. The highest BCUT2D eigenvalue weighted by Crippen LogP contribution is 2.24. The maximum absolute atomic E-state index is 8.97. The molecule has 4 atom stereocenters. The molecule has 182 valence electrons. The lowest BCUT2D eigenvalue weighted by Crippen LogP contribution is -2.01. The second-order valence-corrected chi connectivity index (χ2v) is 4.25. The van der Waals surface area contributed by atoms with Gasteiger partial charge >= 0.3 is 0 Å². The second-order valence-electron chi connectivity index (χ2n) is 4.25. The van der Waals surface area contributed by atoms with Crippen LogP contribution in [0.5, 0.6) is 0 Å². The van der Waals surface area contributed by atoms with Gasteiger partial charge in [-0.25, -0.2) is 0 Å². The van der Waals surface area contributed by atoms with Gasteiger partial charge < -0.3 is 0 Å². The van der Waals surface area contributed by atoms with E-state index in [4.69, 9.17) is 85.0 Å². The average Bonchev–Trinajstić information content (AvgIpc) is 0.668. The molecule has 4 unspecified atom stereocenters. The summed E-state index contributed by atoms with van der Waals surface area (Å²) >= 11 is 0. The summed E-state index contributed by atoms with van der Waals surface area (Å²) in [6.45, 7) is -40.7. The average molecular weight is 485 g/mol. The summed E-state index contributed by atoms with van der Waals surface area (Å²) in [4.78, 5) is 0. The van der Waals surface area contributed by atoms with Crippen molar-refractivity contribution in [2.75, 3.05) is 0 Å². The summed E-state index contributed by atoms with van der Waals surface area (Å²) in [5, 5.41) is 0. The molecule has 0 saturated carbocycles. The Kier molecular flexibility index (Phi) is 2.00. The van der Waals surface area contributed by atoms with Crippen LogP contribution in [0.2, 0.25) is 0 Å². The minimum atomic E-state index is -6.16. The molecule has 0 N–H and O–H groups in total. The highest BCUT2D eigenvalue weighted by Gasteiger charge is 2.09. The summed E-state index contributed by atoms with van der Waals surface area (Å²) in [5.41, 5.74) is 0. The maximum atomic E-state index is 8.97. The first-order chi connectivity index (χ1) is 38.2. The predicted molar refractivity (Wildman–Crippen MR) is 140 cm³/mol. The molecule has 0 heterocycles. The maximum Gasteiger partial charge on any atom is 0.0300 e. The van der Waals surface area contributed by atoms with E-state index in [0.29, 0.717) is 0 Å². The van der Waals surface area contributed by atoms with Gasteiger partial charge in [0.15, 0.2) is 0 Å². The summed E-state index contributed by atoms with van der Waals surface area (Å²) in [6.07, 6.45) is -94.4. The summed E-state index contributed by atoms with van der Waals surface area (Å²) in [7, 11) is 0. The van der Waals surface area contributed by atoms with Crippen molar-refractivity contribution in [2.45, 2.75) is 157 Å². The molecule has 0 fully saturated rings. The number of hydrogen-bond donors (Lipinski definition) is 0. The molecule has 0 spiro atoms. The Balaban J connectivity index is 9.66. The first-order valence-electron chi connectivity index (χ1n) is 38.2. The van der Waals surface area contributed by atoms with E-state index >= 15 is 0 Å². The Hall–Kier alpha value is 0. The molecule has 0 bridgehead atoms. The van der Waals surface area contributed by atoms with Gasteiger partial charge in [-0.1, -0.05) is 157 Å². The molecule has 0 aromatic rings. The summed E-state index contributed by atoms with van der Waals surface area (Å²) < 4.78 is 517. The van der Waals surface area contributed by atoms with E-state index in [9.17, 15) is 0 Å².